The maximum Gasteiger partial charge on any atom is 0.164 e. The maximum absolute atomic E-state index is 11.4. The van der Waals surface area contributed by atoms with Crippen LogP contribution in [0.5, 0.6) is 11.5 Å². The van der Waals surface area contributed by atoms with Crippen LogP contribution in [0.1, 0.15) is 25.8 Å². The van der Waals surface area contributed by atoms with Gasteiger partial charge in [0.05, 0.1) is 13.7 Å². The standard InChI is InChI=1S/C13H18O3/c1-4-11(14)9-10-7-6-8-12(16-5-2)13(10)15-3/h6-8H,4-5,9H2,1-3H3. The second-order valence-electron chi connectivity index (χ2n) is 3.45. The van der Waals surface area contributed by atoms with Gasteiger partial charge in [0.1, 0.15) is 5.78 Å². The fourth-order valence-corrected chi connectivity index (χ4v) is 1.54. The highest BCUT2D eigenvalue weighted by Crippen LogP contribution is 2.31. The van der Waals surface area contributed by atoms with Crippen LogP contribution in [-0.2, 0) is 11.2 Å². The Kier molecular flexibility index (Phi) is 4.83. The topological polar surface area (TPSA) is 35.5 Å². The van der Waals surface area contributed by atoms with Crippen molar-refractivity contribution in [2.75, 3.05) is 13.7 Å². The normalized spacial score (nSPS) is 9.94. The van der Waals surface area contributed by atoms with Crippen molar-refractivity contribution in [3.63, 3.8) is 0 Å². The van der Waals surface area contributed by atoms with E-state index in [4.69, 9.17) is 9.47 Å². The Morgan fingerprint density at radius 2 is 2.06 bits per heavy atom. The third kappa shape index (κ3) is 2.99. The zero-order chi connectivity index (χ0) is 12.0. The fraction of sp³-hybridized carbons (Fsp3) is 0.462. The number of ether oxygens (including phenoxy) is 2. The summed E-state index contributed by atoms with van der Waals surface area (Å²) in [7, 11) is 1.60. The van der Waals surface area contributed by atoms with Gasteiger partial charge in [0.2, 0.25) is 0 Å². The van der Waals surface area contributed by atoms with E-state index in [0.29, 0.717) is 30.9 Å². The molecule has 0 unspecified atom stereocenters. The van der Waals surface area contributed by atoms with E-state index in [0.717, 1.165) is 5.56 Å². The number of rotatable bonds is 6. The summed E-state index contributed by atoms with van der Waals surface area (Å²) >= 11 is 0. The smallest absolute Gasteiger partial charge is 0.164 e. The lowest BCUT2D eigenvalue weighted by atomic mass is 10.1. The first-order valence-corrected chi connectivity index (χ1v) is 5.53. The number of para-hydroxylation sites is 1. The molecular formula is C13H18O3. The number of Topliss-reactive ketones (excluding diaryl/α,β-unsaturated/α-hetero) is 1. The monoisotopic (exact) mass is 222 g/mol. The first-order valence-electron chi connectivity index (χ1n) is 5.53. The van der Waals surface area contributed by atoms with Crippen molar-refractivity contribution in [1.82, 2.24) is 0 Å². The average molecular weight is 222 g/mol. The van der Waals surface area contributed by atoms with Gasteiger partial charge in [0.15, 0.2) is 11.5 Å². The van der Waals surface area contributed by atoms with Gasteiger partial charge in [-0.15, -0.1) is 0 Å². The molecule has 0 aliphatic carbocycles. The minimum absolute atomic E-state index is 0.201. The minimum atomic E-state index is 0.201. The first kappa shape index (κ1) is 12.6. The summed E-state index contributed by atoms with van der Waals surface area (Å²) in [4.78, 5) is 11.4. The molecule has 3 heteroatoms. The summed E-state index contributed by atoms with van der Waals surface area (Å²) < 4.78 is 10.7. The van der Waals surface area contributed by atoms with Crippen molar-refractivity contribution < 1.29 is 14.3 Å². The van der Waals surface area contributed by atoms with Crippen molar-refractivity contribution in [2.24, 2.45) is 0 Å². The van der Waals surface area contributed by atoms with Crippen LogP contribution in [-0.4, -0.2) is 19.5 Å². The quantitative estimate of drug-likeness (QED) is 0.742. The van der Waals surface area contributed by atoms with E-state index in [2.05, 4.69) is 0 Å². The summed E-state index contributed by atoms with van der Waals surface area (Å²) in [5.41, 5.74) is 0.889. The molecule has 0 radical (unpaired) electrons. The van der Waals surface area contributed by atoms with Gasteiger partial charge in [0.25, 0.3) is 0 Å². The molecule has 1 aromatic carbocycles. The molecule has 0 spiro atoms. The van der Waals surface area contributed by atoms with Crippen molar-refractivity contribution in [3.8, 4) is 11.5 Å². The van der Waals surface area contributed by atoms with Gasteiger partial charge in [-0.1, -0.05) is 19.1 Å². The van der Waals surface area contributed by atoms with Gasteiger partial charge < -0.3 is 9.47 Å². The van der Waals surface area contributed by atoms with E-state index >= 15 is 0 Å². The van der Waals surface area contributed by atoms with Crippen LogP contribution < -0.4 is 9.47 Å². The average Bonchev–Trinajstić information content (AvgIpc) is 2.29. The molecule has 1 aromatic rings. The number of hydrogen-bond acceptors (Lipinski definition) is 3. The van der Waals surface area contributed by atoms with Gasteiger partial charge in [0, 0.05) is 18.4 Å². The second kappa shape index (κ2) is 6.16. The Bertz CT molecular complexity index is 358. The van der Waals surface area contributed by atoms with Crippen LogP contribution >= 0.6 is 0 Å². The number of carbonyl (C=O) groups excluding carboxylic acids is 1. The van der Waals surface area contributed by atoms with E-state index in [-0.39, 0.29) is 5.78 Å². The van der Waals surface area contributed by atoms with E-state index in [1.165, 1.54) is 0 Å². The van der Waals surface area contributed by atoms with Crippen molar-refractivity contribution in [1.29, 1.82) is 0 Å². The maximum atomic E-state index is 11.4. The summed E-state index contributed by atoms with van der Waals surface area (Å²) in [6.07, 6.45) is 0.947. The molecule has 0 saturated carbocycles. The van der Waals surface area contributed by atoms with Crippen LogP contribution in [0.25, 0.3) is 0 Å². The van der Waals surface area contributed by atoms with Gasteiger partial charge in [-0.05, 0) is 13.0 Å². The molecule has 0 aliphatic heterocycles. The van der Waals surface area contributed by atoms with Gasteiger partial charge in [-0.25, -0.2) is 0 Å². The largest absolute Gasteiger partial charge is 0.493 e. The number of ketones is 1. The molecular weight excluding hydrogens is 204 g/mol. The second-order valence-corrected chi connectivity index (χ2v) is 3.45. The summed E-state index contributed by atoms with van der Waals surface area (Å²) in [5.74, 6) is 1.57. The lowest BCUT2D eigenvalue weighted by molar-refractivity contribution is -0.118. The Morgan fingerprint density at radius 1 is 1.31 bits per heavy atom. The lowest BCUT2D eigenvalue weighted by Crippen LogP contribution is -2.04. The van der Waals surface area contributed by atoms with Crippen molar-refractivity contribution >= 4 is 5.78 Å². The first-order chi connectivity index (χ1) is 7.72. The molecule has 0 heterocycles. The van der Waals surface area contributed by atoms with Crippen LogP contribution in [0.2, 0.25) is 0 Å². The van der Waals surface area contributed by atoms with E-state index in [1.54, 1.807) is 7.11 Å². The molecule has 3 nitrogen and oxygen atoms in total. The Balaban J connectivity index is 2.98. The Morgan fingerprint density at radius 3 is 2.62 bits per heavy atom. The van der Waals surface area contributed by atoms with Crippen molar-refractivity contribution in [2.45, 2.75) is 26.7 Å². The molecule has 1 rings (SSSR count). The molecule has 0 fully saturated rings. The zero-order valence-corrected chi connectivity index (χ0v) is 10.1. The third-order valence-electron chi connectivity index (χ3n) is 2.35. The lowest BCUT2D eigenvalue weighted by Gasteiger charge is -2.12. The van der Waals surface area contributed by atoms with Crippen molar-refractivity contribution in [3.05, 3.63) is 23.8 Å². The molecule has 0 amide bonds. The van der Waals surface area contributed by atoms with E-state index < -0.39 is 0 Å². The predicted molar refractivity (Wildman–Crippen MR) is 63.2 cm³/mol. The van der Waals surface area contributed by atoms with Gasteiger partial charge in [-0.2, -0.15) is 0 Å². The summed E-state index contributed by atoms with van der Waals surface area (Å²) in [5, 5.41) is 0. The SMILES string of the molecule is CCOc1cccc(CC(=O)CC)c1OC. The molecule has 0 aliphatic rings. The minimum Gasteiger partial charge on any atom is -0.493 e. The van der Waals surface area contributed by atoms with Gasteiger partial charge in [-0.3, -0.25) is 4.79 Å². The molecule has 16 heavy (non-hydrogen) atoms. The molecule has 0 aromatic heterocycles. The van der Waals surface area contributed by atoms with Crippen LogP contribution in [0.15, 0.2) is 18.2 Å². The highest BCUT2D eigenvalue weighted by atomic mass is 16.5. The van der Waals surface area contributed by atoms with Gasteiger partial charge >= 0.3 is 0 Å². The molecule has 88 valence electrons. The summed E-state index contributed by atoms with van der Waals surface area (Å²) in [6, 6.07) is 5.63. The fourth-order valence-electron chi connectivity index (χ4n) is 1.54. The van der Waals surface area contributed by atoms with Crippen LogP contribution in [0.4, 0.5) is 0 Å². The molecule has 0 atom stereocenters. The van der Waals surface area contributed by atoms with E-state index in [9.17, 15) is 4.79 Å². The van der Waals surface area contributed by atoms with Crippen LogP contribution in [0.3, 0.4) is 0 Å². The molecule has 0 saturated heterocycles. The Labute approximate surface area is 96.4 Å². The van der Waals surface area contributed by atoms with Crippen LogP contribution in [0, 0.1) is 0 Å². The summed E-state index contributed by atoms with van der Waals surface area (Å²) in [6.45, 7) is 4.37. The zero-order valence-electron chi connectivity index (χ0n) is 10.1. The third-order valence-corrected chi connectivity index (χ3v) is 2.35. The highest BCUT2D eigenvalue weighted by Gasteiger charge is 2.12. The number of benzene rings is 1. The number of hydrogen-bond donors (Lipinski definition) is 0. The highest BCUT2D eigenvalue weighted by molar-refractivity contribution is 5.81. The number of carbonyl (C=O) groups is 1. The molecule has 0 bridgehead atoms. The van der Waals surface area contributed by atoms with E-state index in [1.807, 2.05) is 32.0 Å². The molecule has 0 N–H and O–H groups in total. The number of methoxy groups -OCH3 is 1. The Hall–Kier alpha value is -1.51. The predicted octanol–water partition coefficient (Wildman–Crippen LogP) is 2.62.